The molecule has 0 spiro atoms. The van der Waals surface area contributed by atoms with E-state index in [2.05, 4.69) is 66.7 Å². The fraction of sp³-hybridized carbons (Fsp3) is 0. The molecule has 0 atom stereocenters. The second kappa shape index (κ2) is 12.5. The van der Waals surface area contributed by atoms with Crippen molar-refractivity contribution in [2.24, 2.45) is 0 Å². The van der Waals surface area contributed by atoms with Gasteiger partial charge in [-0.3, -0.25) is 0 Å². The molecule has 0 aliphatic heterocycles. The standard InChI is InChI=1S/C49H27N5O2S/c1-3-12-28(13-4-1)42-45-43(35-17-8-10-21-39(35)56-45)51-47(50-42)31-22-24-33-37-26-30(23-25-40(37)57-41(33)27-31)48-52-46(29-14-5-2-6-15-29)53-49(54-48)36-19-11-18-34-32-16-7-9-20-38(32)55-44(34)36/h1-27H. The van der Waals surface area contributed by atoms with Crippen LogP contribution in [0.3, 0.4) is 0 Å². The van der Waals surface area contributed by atoms with E-state index in [4.69, 9.17) is 33.8 Å². The van der Waals surface area contributed by atoms with Crippen molar-refractivity contribution < 1.29 is 8.83 Å². The molecule has 0 unspecified atom stereocenters. The van der Waals surface area contributed by atoms with Crippen LogP contribution in [0, 0.1) is 0 Å². The summed E-state index contributed by atoms with van der Waals surface area (Å²) in [6.45, 7) is 0. The number of fused-ring (bicyclic) bond motifs is 9. The third-order valence-electron chi connectivity index (χ3n) is 10.6. The summed E-state index contributed by atoms with van der Waals surface area (Å²) in [6, 6.07) is 55.4. The van der Waals surface area contributed by atoms with E-state index in [1.54, 1.807) is 11.3 Å². The Morgan fingerprint density at radius 1 is 0.351 bits per heavy atom. The molecule has 0 fully saturated rings. The molecular weight excluding hydrogens is 723 g/mol. The van der Waals surface area contributed by atoms with Crippen molar-refractivity contribution in [3.63, 3.8) is 0 Å². The number of hydrogen-bond donors (Lipinski definition) is 0. The molecule has 0 N–H and O–H groups in total. The summed E-state index contributed by atoms with van der Waals surface area (Å²) in [5.41, 5.74) is 9.18. The molecule has 0 saturated carbocycles. The fourth-order valence-corrected chi connectivity index (χ4v) is 8.96. The number of furan rings is 2. The van der Waals surface area contributed by atoms with Crippen LogP contribution in [0.25, 0.3) is 121 Å². The largest absolute Gasteiger partial charge is 0.455 e. The smallest absolute Gasteiger partial charge is 0.180 e. The van der Waals surface area contributed by atoms with Gasteiger partial charge in [0.25, 0.3) is 0 Å². The van der Waals surface area contributed by atoms with Gasteiger partial charge in [-0.05, 0) is 48.5 Å². The summed E-state index contributed by atoms with van der Waals surface area (Å²) >= 11 is 1.75. The van der Waals surface area contributed by atoms with Gasteiger partial charge in [-0.2, -0.15) is 0 Å². The SMILES string of the molecule is c1ccc(-c2nc(-c3ccc4sc5cc(-c6nc(-c7ccccc7)c7oc8ccccc8c7n6)ccc5c4c3)nc(-c3cccc4c3oc3ccccc34)n2)cc1. The van der Waals surface area contributed by atoms with Gasteiger partial charge in [0.15, 0.2) is 28.9 Å². The zero-order chi connectivity index (χ0) is 37.5. The molecule has 12 rings (SSSR count). The van der Waals surface area contributed by atoms with Gasteiger partial charge in [-0.15, -0.1) is 11.3 Å². The average molecular weight is 750 g/mol. The highest BCUT2D eigenvalue weighted by molar-refractivity contribution is 7.25. The summed E-state index contributed by atoms with van der Waals surface area (Å²) in [5, 5.41) is 5.32. The van der Waals surface area contributed by atoms with Crippen molar-refractivity contribution >= 4 is 75.5 Å². The Kier molecular flexibility index (Phi) is 6.96. The van der Waals surface area contributed by atoms with Gasteiger partial charge in [0.2, 0.25) is 0 Å². The first-order valence-electron chi connectivity index (χ1n) is 18.7. The van der Waals surface area contributed by atoms with Crippen LogP contribution in [0.5, 0.6) is 0 Å². The molecule has 5 aromatic heterocycles. The Bertz CT molecular complexity index is 3540. The molecule has 0 bridgehead atoms. The summed E-state index contributed by atoms with van der Waals surface area (Å²) in [7, 11) is 0. The first-order chi connectivity index (χ1) is 28.2. The molecule has 5 heterocycles. The molecule has 0 aliphatic rings. The molecule has 0 saturated heterocycles. The molecule has 266 valence electrons. The lowest BCUT2D eigenvalue weighted by molar-refractivity contribution is 0.667. The van der Waals surface area contributed by atoms with Crippen LogP contribution in [0.15, 0.2) is 173 Å². The Hall–Kier alpha value is -7.55. The van der Waals surface area contributed by atoms with Gasteiger partial charge >= 0.3 is 0 Å². The van der Waals surface area contributed by atoms with E-state index < -0.39 is 0 Å². The molecule has 0 aliphatic carbocycles. The highest BCUT2D eigenvalue weighted by Gasteiger charge is 2.20. The van der Waals surface area contributed by atoms with Crippen LogP contribution >= 0.6 is 11.3 Å². The van der Waals surface area contributed by atoms with Crippen molar-refractivity contribution in [2.75, 3.05) is 0 Å². The summed E-state index contributed by atoms with van der Waals surface area (Å²) in [5.74, 6) is 2.40. The van der Waals surface area contributed by atoms with Gasteiger partial charge in [0, 0.05) is 58.6 Å². The minimum absolute atomic E-state index is 0.556. The molecule has 8 heteroatoms. The number of para-hydroxylation sites is 3. The van der Waals surface area contributed by atoms with Crippen molar-refractivity contribution in [2.45, 2.75) is 0 Å². The van der Waals surface area contributed by atoms with Gasteiger partial charge in [-0.1, -0.05) is 115 Å². The van der Waals surface area contributed by atoms with Crippen LogP contribution in [-0.4, -0.2) is 24.9 Å². The van der Waals surface area contributed by atoms with Crippen molar-refractivity contribution in [1.82, 2.24) is 24.9 Å². The van der Waals surface area contributed by atoms with Crippen molar-refractivity contribution in [1.29, 1.82) is 0 Å². The van der Waals surface area contributed by atoms with E-state index in [1.807, 2.05) is 97.1 Å². The second-order valence-electron chi connectivity index (χ2n) is 14.0. The summed E-state index contributed by atoms with van der Waals surface area (Å²) in [4.78, 5) is 25.4. The number of benzene rings is 7. The van der Waals surface area contributed by atoms with Crippen LogP contribution < -0.4 is 0 Å². The third-order valence-corrected chi connectivity index (χ3v) is 11.7. The topological polar surface area (TPSA) is 90.7 Å². The highest BCUT2D eigenvalue weighted by Crippen LogP contribution is 2.41. The normalized spacial score (nSPS) is 11.9. The third kappa shape index (κ3) is 5.15. The van der Waals surface area contributed by atoms with Crippen LogP contribution in [-0.2, 0) is 0 Å². The second-order valence-corrected chi connectivity index (χ2v) is 15.1. The number of aromatic nitrogens is 5. The van der Waals surface area contributed by atoms with E-state index in [1.165, 1.54) is 0 Å². The molecule has 7 aromatic carbocycles. The van der Waals surface area contributed by atoms with Gasteiger partial charge < -0.3 is 8.83 Å². The number of thiophene rings is 1. The quantitative estimate of drug-likeness (QED) is 0.173. The summed E-state index contributed by atoms with van der Waals surface area (Å²) < 4.78 is 15.1. The van der Waals surface area contributed by atoms with E-state index in [-0.39, 0.29) is 0 Å². The lowest BCUT2D eigenvalue weighted by Crippen LogP contribution is -2.00. The van der Waals surface area contributed by atoms with E-state index in [0.717, 1.165) is 92.1 Å². The molecular formula is C49H27N5O2S. The highest BCUT2D eigenvalue weighted by atomic mass is 32.1. The lowest BCUT2D eigenvalue weighted by atomic mass is 10.1. The zero-order valence-electron chi connectivity index (χ0n) is 30.0. The molecule has 0 amide bonds. The molecule has 57 heavy (non-hydrogen) atoms. The Labute approximate surface area is 328 Å². The molecule has 12 aromatic rings. The Morgan fingerprint density at radius 3 is 1.79 bits per heavy atom. The van der Waals surface area contributed by atoms with Crippen molar-refractivity contribution in [3.8, 4) is 56.8 Å². The predicted octanol–water partition coefficient (Wildman–Crippen LogP) is 13.2. The van der Waals surface area contributed by atoms with Crippen LogP contribution in [0.2, 0.25) is 0 Å². The van der Waals surface area contributed by atoms with Crippen LogP contribution in [0.1, 0.15) is 0 Å². The minimum Gasteiger partial charge on any atom is -0.455 e. The van der Waals surface area contributed by atoms with Crippen molar-refractivity contribution in [3.05, 3.63) is 164 Å². The monoisotopic (exact) mass is 749 g/mol. The maximum atomic E-state index is 6.42. The van der Waals surface area contributed by atoms with E-state index in [9.17, 15) is 0 Å². The number of nitrogens with zero attached hydrogens (tertiary/aromatic N) is 5. The van der Waals surface area contributed by atoms with E-state index in [0.29, 0.717) is 28.9 Å². The van der Waals surface area contributed by atoms with E-state index >= 15 is 0 Å². The fourth-order valence-electron chi connectivity index (χ4n) is 7.83. The summed E-state index contributed by atoms with van der Waals surface area (Å²) in [6.07, 6.45) is 0. The first kappa shape index (κ1) is 31.8. The lowest BCUT2D eigenvalue weighted by Gasteiger charge is -2.09. The minimum atomic E-state index is 0.556. The maximum Gasteiger partial charge on any atom is 0.180 e. The molecule has 0 radical (unpaired) electrons. The van der Waals surface area contributed by atoms with Gasteiger partial charge in [-0.25, -0.2) is 24.9 Å². The zero-order valence-corrected chi connectivity index (χ0v) is 30.9. The first-order valence-corrected chi connectivity index (χ1v) is 19.5. The Morgan fingerprint density at radius 2 is 0.965 bits per heavy atom. The molecule has 7 nitrogen and oxygen atoms in total. The maximum absolute atomic E-state index is 6.42. The van der Waals surface area contributed by atoms with Gasteiger partial charge in [0.1, 0.15) is 28.0 Å². The Balaban J connectivity index is 1.00. The predicted molar refractivity (Wildman–Crippen MR) is 230 cm³/mol. The average Bonchev–Trinajstić information content (AvgIpc) is 3.97. The number of hydrogen-bond acceptors (Lipinski definition) is 8. The number of rotatable bonds is 5. The van der Waals surface area contributed by atoms with Crippen LogP contribution in [0.4, 0.5) is 0 Å². The van der Waals surface area contributed by atoms with Gasteiger partial charge in [0.05, 0.1) is 5.56 Å².